The number of carbonyl (C=O) groups is 2. The summed E-state index contributed by atoms with van der Waals surface area (Å²) < 4.78 is 1.70. The van der Waals surface area contributed by atoms with Gasteiger partial charge >= 0.3 is 0 Å². The molecule has 2 aromatic rings. The van der Waals surface area contributed by atoms with Gasteiger partial charge in [0, 0.05) is 19.8 Å². The SMILES string of the molecule is Cc1c(NC(=O)CN2CCC[C@](C(N)=O)(c3ccccn3)C2)cnn1C. The van der Waals surface area contributed by atoms with E-state index in [0.717, 1.165) is 18.7 Å². The third-order valence-corrected chi connectivity index (χ3v) is 5.07. The minimum Gasteiger partial charge on any atom is -0.369 e. The van der Waals surface area contributed by atoms with E-state index in [4.69, 9.17) is 5.73 Å². The van der Waals surface area contributed by atoms with Crippen LogP contribution in [0.5, 0.6) is 0 Å². The van der Waals surface area contributed by atoms with E-state index in [1.54, 1.807) is 17.1 Å². The van der Waals surface area contributed by atoms with E-state index in [1.807, 2.05) is 37.1 Å². The number of likely N-dealkylation sites (tertiary alicyclic amines) is 1. The topological polar surface area (TPSA) is 106 Å². The average Bonchev–Trinajstić information content (AvgIpc) is 2.94. The molecule has 3 heterocycles. The van der Waals surface area contributed by atoms with Crippen molar-refractivity contribution in [3.8, 4) is 0 Å². The van der Waals surface area contributed by atoms with Crippen LogP contribution in [0.3, 0.4) is 0 Å². The molecule has 0 aromatic carbocycles. The van der Waals surface area contributed by atoms with E-state index in [1.165, 1.54) is 0 Å². The van der Waals surface area contributed by atoms with Crippen LogP contribution in [0, 0.1) is 6.92 Å². The van der Waals surface area contributed by atoms with Crippen LogP contribution in [0.1, 0.15) is 24.2 Å². The van der Waals surface area contributed by atoms with E-state index in [2.05, 4.69) is 15.4 Å². The lowest BCUT2D eigenvalue weighted by molar-refractivity contribution is -0.127. The van der Waals surface area contributed by atoms with Crippen molar-refractivity contribution < 1.29 is 9.59 Å². The molecule has 1 fully saturated rings. The van der Waals surface area contributed by atoms with E-state index in [0.29, 0.717) is 24.3 Å². The fraction of sp³-hybridized carbons (Fsp3) is 0.444. The summed E-state index contributed by atoms with van der Waals surface area (Å²) in [5, 5.41) is 7.00. The highest BCUT2D eigenvalue weighted by molar-refractivity contribution is 5.93. The van der Waals surface area contributed by atoms with Crippen molar-refractivity contribution in [1.82, 2.24) is 19.7 Å². The fourth-order valence-corrected chi connectivity index (χ4v) is 3.48. The van der Waals surface area contributed by atoms with Crippen LogP contribution in [0.2, 0.25) is 0 Å². The van der Waals surface area contributed by atoms with Gasteiger partial charge in [0.1, 0.15) is 5.41 Å². The van der Waals surface area contributed by atoms with Gasteiger partial charge in [-0.1, -0.05) is 6.07 Å². The van der Waals surface area contributed by atoms with E-state index in [9.17, 15) is 9.59 Å². The van der Waals surface area contributed by atoms with Gasteiger partial charge in [0.2, 0.25) is 11.8 Å². The van der Waals surface area contributed by atoms with Gasteiger partial charge in [-0.3, -0.25) is 24.2 Å². The molecule has 3 N–H and O–H groups in total. The second-order valence-electron chi connectivity index (χ2n) is 6.79. The summed E-state index contributed by atoms with van der Waals surface area (Å²) in [5.74, 6) is -0.535. The number of primary amides is 1. The van der Waals surface area contributed by atoms with Gasteiger partial charge in [0.05, 0.1) is 29.8 Å². The first-order valence-electron chi connectivity index (χ1n) is 8.64. The molecular weight excluding hydrogens is 332 g/mol. The van der Waals surface area contributed by atoms with Crippen molar-refractivity contribution in [3.05, 3.63) is 42.0 Å². The zero-order valence-electron chi connectivity index (χ0n) is 15.1. The molecule has 1 aliphatic heterocycles. The molecule has 1 aliphatic rings. The minimum atomic E-state index is -0.857. The van der Waals surface area contributed by atoms with Crippen molar-refractivity contribution in [1.29, 1.82) is 0 Å². The van der Waals surface area contributed by atoms with Crippen molar-refractivity contribution in [2.45, 2.75) is 25.2 Å². The highest BCUT2D eigenvalue weighted by atomic mass is 16.2. The second kappa shape index (κ2) is 7.25. The summed E-state index contributed by atoms with van der Waals surface area (Å²) in [6, 6.07) is 5.49. The molecule has 0 bridgehead atoms. The summed E-state index contributed by atoms with van der Waals surface area (Å²) in [7, 11) is 1.82. The maximum absolute atomic E-state index is 12.4. The zero-order chi connectivity index (χ0) is 18.7. The molecule has 0 aliphatic carbocycles. The van der Waals surface area contributed by atoms with Crippen LogP contribution >= 0.6 is 0 Å². The fourth-order valence-electron chi connectivity index (χ4n) is 3.48. The molecule has 1 saturated heterocycles. The minimum absolute atomic E-state index is 0.137. The number of piperidine rings is 1. The first kappa shape index (κ1) is 18.1. The number of carbonyl (C=O) groups excluding carboxylic acids is 2. The van der Waals surface area contributed by atoms with Crippen LogP contribution in [0.25, 0.3) is 0 Å². The number of nitrogens with one attached hydrogen (secondary N) is 1. The molecule has 8 nitrogen and oxygen atoms in total. The Bertz CT molecular complexity index is 803. The van der Waals surface area contributed by atoms with Crippen LogP contribution in [-0.2, 0) is 22.1 Å². The van der Waals surface area contributed by atoms with Gasteiger partial charge in [-0.15, -0.1) is 0 Å². The molecule has 0 saturated carbocycles. The Labute approximate surface area is 152 Å². The summed E-state index contributed by atoms with van der Waals surface area (Å²) >= 11 is 0. The van der Waals surface area contributed by atoms with Crippen LogP contribution in [-0.4, -0.2) is 51.1 Å². The van der Waals surface area contributed by atoms with Gasteiger partial charge in [-0.2, -0.15) is 5.10 Å². The number of aromatic nitrogens is 3. The van der Waals surface area contributed by atoms with E-state index < -0.39 is 11.3 Å². The van der Waals surface area contributed by atoms with Crippen LogP contribution in [0.15, 0.2) is 30.6 Å². The molecular formula is C18H24N6O2. The maximum Gasteiger partial charge on any atom is 0.238 e. The smallest absolute Gasteiger partial charge is 0.238 e. The molecule has 26 heavy (non-hydrogen) atoms. The van der Waals surface area contributed by atoms with E-state index in [-0.39, 0.29) is 12.5 Å². The monoisotopic (exact) mass is 356 g/mol. The molecule has 138 valence electrons. The average molecular weight is 356 g/mol. The van der Waals surface area contributed by atoms with Gasteiger partial charge in [0.15, 0.2) is 0 Å². The molecule has 3 rings (SSSR count). The number of aryl methyl sites for hydroxylation is 1. The molecule has 2 amide bonds. The molecule has 8 heteroatoms. The number of pyridine rings is 1. The van der Waals surface area contributed by atoms with Crippen LogP contribution in [0.4, 0.5) is 5.69 Å². The molecule has 1 atom stereocenters. The third kappa shape index (κ3) is 3.45. The Morgan fingerprint density at radius 1 is 1.38 bits per heavy atom. The number of rotatable bonds is 5. The van der Waals surface area contributed by atoms with Gasteiger partial charge in [-0.05, 0) is 38.4 Å². The summed E-state index contributed by atoms with van der Waals surface area (Å²) in [5.41, 5.74) is 7.15. The molecule has 0 unspecified atom stereocenters. The van der Waals surface area contributed by atoms with Crippen molar-refractivity contribution in [2.24, 2.45) is 12.8 Å². The number of amides is 2. The lowest BCUT2D eigenvalue weighted by Gasteiger charge is -2.40. The maximum atomic E-state index is 12.4. The lowest BCUT2D eigenvalue weighted by atomic mass is 9.76. The standard InChI is InChI=1S/C18H24N6O2/c1-13-14(10-21-23(13)2)22-16(25)11-24-9-5-7-18(12-24,17(19)26)15-6-3-4-8-20-15/h3-4,6,8,10H,5,7,9,11-12H2,1-2H3,(H2,19,26)(H,22,25)/t18-/m1/s1. The van der Waals surface area contributed by atoms with Crippen molar-refractivity contribution in [2.75, 3.05) is 25.0 Å². The number of hydrogen-bond acceptors (Lipinski definition) is 5. The zero-order valence-corrected chi connectivity index (χ0v) is 15.1. The highest BCUT2D eigenvalue weighted by Gasteiger charge is 2.43. The predicted molar refractivity (Wildman–Crippen MR) is 97.4 cm³/mol. The number of hydrogen-bond donors (Lipinski definition) is 2. The molecule has 0 spiro atoms. The Balaban J connectivity index is 1.72. The largest absolute Gasteiger partial charge is 0.369 e. The van der Waals surface area contributed by atoms with Gasteiger partial charge in [0.25, 0.3) is 0 Å². The van der Waals surface area contributed by atoms with Crippen molar-refractivity contribution in [3.63, 3.8) is 0 Å². The number of nitrogens with two attached hydrogens (primary N) is 1. The summed E-state index contributed by atoms with van der Waals surface area (Å²) in [6.45, 7) is 3.21. The summed E-state index contributed by atoms with van der Waals surface area (Å²) in [6.07, 6.45) is 4.71. The Morgan fingerprint density at radius 3 is 2.81 bits per heavy atom. The molecule has 2 aromatic heterocycles. The number of nitrogens with zero attached hydrogens (tertiary/aromatic N) is 4. The first-order chi connectivity index (χ1) is 12.4. The lowest BCUT2D eigenvalue weighted by Crippen LogP contribution is -2.55. The Morgan fingerprint density at radius 2 is 2.19 bits per heavy atom. The Kier molecular flexibility index (Phi) is 5.03. The van der Waals surface area contributed by atoms with Crippen molar-refractivity contribution >= 4 is 17.5 Å². The van der Waals surface area contributed by atoms with Gasteiger partial charge in [-0.25, -0.2) is 0 Å². The van der Waals surface area contributed by atoms with Gasteiger partial charge < -0.3 is 11.1 Å². The highest BCUT2D eigenvalue weighted by Crippen LogP contribution is 2.32. The first-order valence-corrected chi connectivity index (χ1v) is 8.64. The normalized spacial score (nSPS) is 20.7. The quantitative estimate of drug-likeness (QED) is 0.815. The second-order valence-corrected chi connectivity index (χ2v) is 6.79. The summed E-state index contributed by atoms with van der Waals surface area (Å²) in [4.78, 5) is 31.0. The van der Waals surface area contributed by atoms with Crippen LogP contribution < -0.4 is 11.1 Å². The third-order valence-electron chi connectivity index (χ3n) is 5.07. The molecule has 0 radical (unpaired) electrons. The Hall–Kier alpha value is -2.74. The number of anilines is 1. The van der Waals surface area contributed by atoms with E-state index >= 15 is 0 Å². The predicted octanol–water partition coefficient (Wildman–Crippen LogP) is 0.581.